The molecule has 2 saturated heterocycles. The summed E-state index contributed by atoms with van der Waals surface area (Å²) in [5.74, 6) is 0.128. The van der Waals surface area contributed by atoms with Crippen LogP contribution in [-0.2, 0) is 21.4 Å². The van der Waals surface area contributed by atoms with E-state index in [1.165, 1.54) is 4.31 Å². The van der Waals surface area contributed by atoms with Gasteiger partial charge in [0.1, 0.15) is 0 Å². The van der Waals surface area contributed by atoms with Crippen molar-refractivity contribution in [2.75, 3.05) is 32.7 Å². The van der Waals surface area contributed by atoms with E-state index < -0.39 is 10.0 Å². The van der Waals surface area contributed by atoms with Gasteiger partial charge in [-0.15, -0.1) is 0 Å². The van der Waals surface area contributed by atoms with Gasteiger partial charge in [0.25, 0.3) is 0 Å². The Morgan fingerprint density at radius 1 is 0.964 bits per heavy atom. The van der Waals surface area contributed by atoms with E-state index in [0.29, 0.717) is 37.6 Å². The molecule has 3 heterocycles. The van der Waals surface area contributed by atoms with Gasteiger partial charge < -0.3 is 4.90 Å². The molecule has 0 saturated carbocycles. The first-order valence-electron chi connectivity index (χ1n) is 9.52. The number of amides is 1. The number of piperazine rings is 1. The molecule has 1 aromatic carbocycles. The number of aromatic nitrogens is 1. The number of carbonyl (C=O) groups excluding carboxylic acids is 1. The fourth-order valence-electron chi connectivity index (χ4n) is 3.93. The van der Waals surface area contributed by atoms with Crippen LogP contribution in [0.25, 0.3) is 0 Å². The Morgan fingerprint density at radius 3 is 2.39 bits per heavy atom. The zero-order valence-electron chi connectivity index (χ0n) is 15.6. The Morgan fingerprint density at radius 2 is 1.71 bits per heavy atom. The minimum atomic E-state index is -3.47. The van der Waals surface area contributed by atoms with E-state index in [4.69, 9.17) is 0 Å². The maximum Gasteiger partial charge on any atom is 0.243 e. The molecule has 1 aromatic heterocycles. The quantitative estimate of drug-likeness (QED) is 0.754. The third-order valence-corrected chi connectivity index (χ3v) is 7.37. The molecule has 2 aromatic rings. The Kier molecular flexibility index (Phi) is 5.43. The van der Waals surface area contributed by atoms with Gasteiger partial charge in [-0.2, -0.15) is 4.31 Å². The second-order valence-corrected chi connectivity index (χ2v) is 9.12. The topological polar surface area (TPSA) is 73.8 Å². The lowest BCUT2D eigenvalue weighted by Gasteiger charge is -2.36. The molecule has 0 aliphatic carbocycles. The maximum atomic E-state index is 12.8. The van der Waals surface area contributed by atoms with Crippen molar-refractivity contribution in [3.8, 4) is 0 Å². The number of sulfonamides is 1. The van der Waals surface area contributed by atoms with Crippen molar-refractivity contribution >= 4 is 15.9 Å². The average Bonchev–Trinajstić information content (AvgIpc) is 3.10. The molecule has 0 N–H and O–H groups in total. The first-order valence-corrected chi connectivity index (χ1v) is 11.0. The van der Waals surface area contributed by atoms with E-state index in [2.05, 4.69) is 9.88 Å². The van der Waals surface area contributed by atoms with Crippen molar-refractivity contribution in [2.24, 2.45) is 0 Å². The van der Waals surface area contributed by atoms with Crippen LogP contribution in [0.15, 0.2) is 59.8 Å². The lowest BCUT2D eigenvalue weighted by molar-refractivity contribution is -0.133. The van der Waals surface area contributed by atoms with Crippen LogP contribution >= 0.6 is 0 Å². The van der Waals surface area contributed by atoms with Gasteiger partial charge in [-0.25, -0.2) is 8.42 Å². The molecule has 0 radical (unpaired) electrons. The second-order valence-electron chi connectivity index (χ2n) is 7.18. The van der Waals surface area contributed by atoms with E-state index in [-0.39, 0.29) is 11.9 Å². The molecule has 4 rings (SSSR count). The summed E-state index contributed by atoms with van der Waals surface area (Å²) < 4.78 is 27.0. The minimum Gasteiger partial charge on any atom is -0.337 e. The Labute approximate surface area is 165 Å². The molecule has 1 unspecified atom stereocenters. The van der Waals surface area contributed by atoms with E-state index >= 15 is 0 Å². The van der Waals surface area contributed by atoms with Crippen molar-refractivity contribution in [1.29, 1.82) is 0 Å². The van der Waals surface area contributed by atoms with E-state index in [1.807, 2.05) is 17.0 Å². The van der Waals surface area contributed by atoms with E-state index in [9.17, 15) is 13.2 Å². The summed E-state index contributed by atoms with van der Waals surface area (Å²) in [5, 5.41) is 0. The van der Waals surface area contributed by atoms with Gasteiger partial charge in [0, 0.05) is 51.7 Å². The summed E-state index contributed by atoms with van der Waals surface area (Å²) >= 11 is 0. The van der Waals surface area contributed by atoms with Crippen LogP contribution in [0.3, 0.4) is 0 Å². The molecule has 8 heteroatoms. The smallest absolute Gasteiger partial charge is 0.243 e. The second kappa shape index (κ2) is 7.98. The number of hydrogen-bond donors (Lipinski definition) is 0. The molecular formula is C20H24N4O3S. The average molecular weight is 401 g/mol. The molecule has 1 atom stereocenters. The summed E-state index contributed by atoms with van der Waals surface area (Å²) in [6.07, 6.45) is 4.29. The third kappa shape index (κ3) is 3.80. The van der Waals surface area contributed by atoms with Crippen LogP contribution in [-0.4, -0.2) is 72.2 Å². The predicted octanol–water partition coefficient (Wildman–Crippen LogP) is 1.19. The van der Waals surface area contributed by atoms with Crippen molar-refractivity contribution in [2.45, 2.75) is 23.9 Å². The molecule has 2 aliphatic rings. The van der Waals surface area contributed by atoms with Crippen molar-refractivity contribution < 1.29 is 13.2 Å². The largest absolute Gasteiger partial charge is 0.337 e. The van der Waals surface area contributed by atoms with Crippen LogP contribution < -0.4 is 0 Å². The number of pyridine rings is 1. The highest BCUT2D eigenvalue weighted by Gasteiger charge is 2.38. The highest BCUT2D eigenvalue weighted by atomic mass is 32.2. The van der Waals surface area contributed by atoms with Gasteiger partial charge in [0.05, 0.1) is 10.9 Å². The summed E-state index contributed by atoms with van der Waals surface area (Å²) in [4.78, 5) is 21.3. The number of carbonyl (C=O) groups is 1. The number of rotatable bonds is 5. The molecule has 148 valence electrons. The first kappa shape index (κ1) is 19.0. The van der Waals surface area contributed by atoms with Crippen molar-refractivity contribution in [3.63, 3.8) is 0 Å². The molecule has 0 spiro atoms. The lowest BCUT2D eigenvalue weighted by Crippen LogP contribution is -2.53. The van der Waals surface area contributed by atoms with Crippen LogP contribution in [0.2, 0.25) is 0 Å². The molecule has 2 aliphatic heterocycles. The Bertz CT molecular complexity index is 913. The monoisotopic (exact) mass is 400 g/mol. The fraction of sp³-hybridized carbons (Fsp3) is 0.400. The number of likely N-dealkylation sites (tertiary alicyclic amines) is 1. The van der Waals surface area contributed by atoms with Gasteiger partial charge in [-0.3, -0.25) is 14.7 Å². The Balaban J connectivity index is 1.36. The predicted molar refractivity (Wildman–Crippen MR) is 105 cm³/mol. The molecular weight excluding hydrogens is 376 g/mol. The Hall–Kier alpha value is -2.29. The molecule has 0 bridgehead atoms. The highest BCUT2D eigenvalue weighted by Crippen LogP contribution is 2.23. The normalized spacial score (nSPS) is 21.9. The first-order chi connectivity index (χ1) is 13.6. The van der Waals surface area contributed by atoms with E-state index in [1.54, 1.807) is 42.7 Å². The third-order valence-electron chi connectivity index (χ3n) is 5.46. The number of hydrogen-bond acceptors (Lipinski definition) is 5. The van der Waals surface area contributed by atoms with Gasteiger partial charge in [-0.1, -0.05) is 24.3 Å². The summed E-state index contributed by atoms with van der Waals surface area (Å²) in [7, 11) is -3.47. The molecule has 2 fully saturated rings. The van der Waals surface area contributed by atoms with Crippen LogP contribution in [0, 0.1) is 0 Å². The zero-order valence-corrected chi connectivity index (χ0v) is 16.5. The summed E-state index contributed by atoms with van der Waals surface area (Å²) in [6, 6.07) is 12.2. The summed E-state index contributed by atoms with van der Waals surface area (Å²) in [5.41, 5.74) is 1.02. The van der Waals surface area contributed by atoms with Gasteiger partial charge in [0.2, 0.25) is 15.9 Å². The maximum absolute atomic E-state index is 12.8. The van der Waals surface area contributed by atoms with Crippen molar-refractivity contribution in [3.05, 3.63) is 60.4 Å². The standard InChI is InChI=1S/C20H24N4O3S/c25-20-19(8-10-23(20)16-17-5-4-9-21-15-17)22-11-13-24(14-12-22)28(26,27)18-6-2-1-3-7-18/h1-7,9,15,19H,8,10-14,16H2. The minimum absolute atomic E-state index is 0.128. The van der Waals surface area contributed by atoms with Crippen LogP contribution in [0.5, 0.6) is 0 Å². The number of nitrogens with zero attached hydrogens (tertiary/aromatic N) is 4. The van der Waals surface area contributed by atoms with Crippen molar-refractivity contribution in [1.82, 2.24) is 19.1 Å². The van der Waals surface area contributed by atoms with Gasteiger partial charge in [0.15, 0.2) is 0 Å². The van der Waals surface area contributed by atoms with Gasteiger partial charge >= 0.3 is 0 Å². The molecule has 28 heavy (non-hydrogen) atoms. The van der Waals surface area contributed by atoms with Crippen LogP contribution in [0.1, 0.15) is 12.0 Å². The SMILES string of the molecule is O=C1C(N2CCN(S(=O)(=O)c3ccccc3)CC2)CCN1Cc1cccnc1. The molecule has 1 amide bonds. The summed E-state index contributed by atoms with van der Waals surface area (Å²) in [6.45, 7) is 3.26. The lowest BCUT2D eigenvalue weighted by atomic mass is 10.2. The molecule has 7 nitrogen and oxygen atoms in total. The van der Waals surface area contributed by atoms with E-state index in [0.717, 1.165) is 18.5 Å². The van der Waals surface area contributed by atoms with Crippen LogP contribution in [0.4, 0.5) is 0 Å². The fourth-order valence-corrected chi connectivity index (χ4v) is 5.37. The highest BCUT2D eigenvalue weighted by molar-refractivity contribution is 7.89. The van der Waals surface area contributed by atoms with Gasteiger partial charge in [-0.05, 0) is 30.2 Å². The zero-order chi connectivity index (χ0) is 19.6. The number of benzene rings is 1.